The van der Waals surface area contributed by atoms with Gasteiger partial charge in [0.15, 0.2) is 0 Å². The van der Waals surface area contributed by atoms with Crippen LogP contribution in [-0.2, 0) is 12.8 Å². The molecule has 2 N–H and O–H groups in total. The summed E-state index contributed by atoms with van der Waals surface area (Å²) in [5.41, 5.74) is 13.5. The van der Waals surface area contributed by atoms with Gasteiger partial charge in [-0.25, -0.2) is 14.4 Å². The molecule has 1 aromatic heterocycles. The zero-order valence-corrected chi connectivity index (χ0v) is 27.4. The molecule has 3 aliphatic heterocycles. The van der Waals surface area contributed by atoms with E-state index >= 15 is 4.39 Å². The molecule has 0 saturated carbocycles. The number of aryl methyl sites for hydroxylation is 3. The SMILES string of the molecule is CCc1c(F)ccc2cc(C)cc(-c3cc4nc(CCC56CCCN5CCC6)nc(N5CCCC(C)C5)c4c(C=NC)c3N)c12. The molecule has 7 heteroatoms. The molecule has 0 radical (unpaired) electrons. The lowest BCUT2D eigenvalue weighted by atomic mass is 9.88. The fourth-order valence-corrected chi connectivity index (χ4v) is 8.78. The highest BCUT2D eigenvalue weighted by Gasteiger charge is 2.43. The number of nitrogens with zero attached hydrogens (tertiary/aromatic N) is 5. The van der Waals surface area contributed by atoms with Crippen molar-refractivity contribution in [3.8, 4) is 11.1 Å². The Morgan fingerprint density at radius 2 is 1.84 bits per heavy atom. The molecule has 3 saturated heterocycles. The van der Waals surface area contributed by atoms with Crippen LogP contribution in [0.4, 0.5) is 15.9 Å². The van der Waals surface area contributed by atoms with Crippen LogP contribution in [0.25, 0.3) is 32.8 Å². The van der Waals surface area contributed by atoms with Crippen molar-refractivity contribution in [2.45, 2.75) is 84.1 Å². The quantitative estimate of drug-likeness (QED) is 0.171. The van der Waals surface area contributed by atoms with Gasteiger partial charge < -0.3 is 10.6 Å². The highest BCUT2D eigenvalue weighted by Crippen LogP contribution is 2.44. The van der Waals surface area contributed by atoms with Crippen molar-refractivity contribution < 1.29 is 4.39 Å². The van der Waals surface area contributed by atoms with Gasteiger partial charge in [-0.1, -0.05) is 32.0 Å². The first-order valence-electron chi connectivity index (χ1n) is 17.1. The van der Waals surface area contributed by atoms with Crippen molar-refractivity contribution in [2.75, 3.05) is 43.9 Å². The maximum Gasteiger partial charge on any atom is 0.140 e. The number of anilines is 2. The molecule has 0 amide bonds. The molecule has 3 aromatic carbocycles. The Balaban J connectivity index is 1.46. The number of aromatic nitrogens is 2. The molecule has 1 unspecified atom stereocenters. The van der Waals surface area contributed by atoms with Crippen molar-refractivity contribution in [3.63, 3.8) is 0 Å². The largest absolute Gasteiger partial charge is 0.398 e. The summed E-state index contributed by atoms with van der Waals surface area (Å²) in [6, 6.07) is 9.90. The van der Waals surface area contributed by atoms with E-state index in [9.17, 15) is 0 Å². The van der Waals surface area contributed by atoms with Gasteiger partial charge in [0.05, 0.1) is 10.9 Å². The van der Waals surface area contributed by atoms with Crippen molar-refractivity contribution in [2.24, 2.45) is 10.9 Å². The van der Waals surface area contributed by atoms with E-state index in [4.69, 9.17) is 15.7 Å². The minimum Gasteiger partial charge on any atom is -0.398 e. The topological polar surface area (TPSA) is 70.6 Å². The third kappa shape index (κ3) is 5.27. The molecule has 3 aliphatic rings. The van der Waals surface area contributed by atoms with Crippen LogP contribution in [0, 0.1) is 18.7 Å². The third-order valence-corrected chi connectivity index (χ3v) is 10.9. The fraction of sp³-hybridized carbons (Fsp3) is 0.500. The summed E-state index contributed by atoms with van der Waals surface area (Å²) in [5.74, 6) is 2.31. The molecule has 7 rings (SSSR count). The number of nitrogens with two attached hydrogens (primary N) is 1. The molecule has 0 spiro atoms. The number of aliphatic imine (C=N–C) groups is 1. The lowest BCUT2D eigenvalue weighted by molar-refractivity contribution is 0.182. The summed E-state index contributed by atoms with van der Waals surface area (Å²) < 4.78 is 15.2. The maximum atomic E-state index is 15.2. The maximum absolute atomic E-state index is 15.2. The van der Waals surface area contributed by atoms with Gasteiger partial charge in [0.2, 0.25) is 0 Å². The molecule has 45 heavy (non-hydrogen) atoms. The van der Waals surface area contributed by atoms with Crippen LogP contribution in [0.1, 0.15) is 81.3 Å². The number of benzene rings is 3. The smallest absolute Gasteiger partial charge is 0.140 e. The summed E-state index contributed by atoms with van der Waals surface area (Å²) in [5, 5.41) is 2.92. The van der Waals surface area contributed by atoms with Crippen molar-refractivity contribution in [1.29, 1.82) is 0 Å². The Morgan fingerprint density at radius 3 is 2.58 bits per heavy atom. The Hall–Kier alpha value is -3.58. The van der Waals surface area contributed by atoms with Gasteiger partial charge in [-0.15, -0.1) is 0 Å². The predicted octanol–water partition coefficient (Wildman–Crippen LogP) is 7.89. The van der Waals surface area contributed by atoms with Gasteiger partial charge in [-0.05, 0) is 117 Å². The van der Waals surface area contributed by atoms with Gasteiger partial charge in [0.1, 0.15) is 17.5 Å². The fourth-order valence-electron chi connectivity index (χ4n) is 8.78. The van der Waals surface area contributed by atoms with E-state index < -0.39 is 0 Å². The molecular weight excluding hydrogens is 559 g/mol. The van der Waals surface area contributed by atoms with Crippen molar-refractivity contribution in [3.05, 3.63) is 58.7 Å². The lowest BCUT2D eigenvalue weighted by Crippen LogP contribution is -2.38. The minimum atomic E-state index is -0.178. The van der Waals surface area contributed by atoms with E-state index in [-0.39, 0.29) is 5.82 Å². The lowest BCUT2D eigenvalue weighted by Gasteiger charge is -2.34. The predicted molar refractivity (Wildman–Crippen MR) is 186 cm³/mol. The molecule has 1 atom stereocenters. The first-order valence-corrected chi connectivity index (χ1v) is 17.1. The monoisotopic (exact) mass is 606 g/mol. The molecule has 4 aromatic rings. The van der Waals surface area contributed by atoms with Gasteiger partial charge in [0.25, 0.3) is 0 Å². The second kappa shape index (κ2) is 12.0. The van der Waals surface area contributed by atoms with E-state index in [2.05, 4.69) is 46.8 Å². The second-order valence-electron chi connectivity index (χ2n) is 13.9. The normalized spacial score (nSPS) is 20.2. The Bertz CT molecular complexity index is 1790. The van der Waals surface area contributed by atoms with Crippen LogP contribution >= 0.6 is 0 Å². The van der Waals surface area contributed by atoms with Crippen LogP contribution in [0.5, 0.6) is 0 Å². The first-order chi connectivity index (χ1) is 21.8. The summed E-state index contributed by atoms with van der Waals surface area (Å²) >= 11 is 0. The number of rotatable bonds is 7. The average Bonchev–Trinajstić information content (AvgIpc) is 3.61. The Morgan fingerprint density at radius 1 is 1.04 bits per heavy atom. The highest BCUT2D eigenvalue weighted by molar-refractivity contribution is 6.14. The van der Waals surface area contributed by atoms with Gasteiger partial charge in [-0.2, -0.15) is 0 Å². The minimum absolute atomic E-state index is 0.178. The standard InChI is InChI=1S/C38H47FN6/c1-5-27-31(39)11-10-26-19-25(3)20-28(34(26)27)29-21-32-35(30(22-41-4)36(29)40)37(44-16-6-9-24(2)23-44)43-33(42-32)12-15-38-13-7-17-45(38)18-8-14-38/h10-11,19-22,24H,5-9,12-18,23,40H2,1-4H3. The Labute approximate surface area is 266 Å². The summed E-state index contributed by atoms with van der Waals surface area (Å²) in [6.07, 6.45) is 12.0. The van der Waals surface area contributed by atoms with Crippen molar-refractivity contribution in [1.82, 2.24) is 14.9 Å². The van der Waals surface area contributed by atoms with Crippen LogP contribution in [0.2, 0.25) is 0 Å². The Kier molecular flexibility index (Phi) is 8.01. The molecule has 0 aliphatic carbocycles. The molecule has 4 heterocycles. The van der Waals surface area contributed by atoms with Gasteiger partial charge in [0, 0.05) is 55.1 Å². The summed E-state index contributed by atoms with van der Waals surface area (Å²) in [7, 11) is 1.79. The number of nitrogen functional groups attached to an aromatic ring is 1. The number of hydrogen-bond donors (Lipinski definition) is 1. The zero-order chi connectivity index (χ0) is 31.3. The van der Waals surface area contributed by atoms with Crippen LogP contribution in [-0.4, -0.2) is 59.8 Å². The van der Waals surface area contributed by atoms with E-state index in [0.29, 0.717) is 23.6 Å². The molecule has 6 nitrogen and oxygen atoms in total. The van der Waals surface area contributed by atoms with Crippen LogP contribution < -0.4 is 10.6 Å². The first kappa shape index (κ1) is 30.1. The van der Waals surface area contributed by atoms with Gasteiger partial charge >= 0.3 is 0 Å². The number of fused-ring (bicyclic) bond motifs is 3. The third-order valence-electron chi connectivity index (χ3n) is 10.9. The molecule has 3 fully saturated rings. The average molecular weight is 607 g/mol. The molecular formula is C38H47FN6. The van der Waals surface area contributed by atoms with E-state index in [1.807, 2.05) is 19.2 Å². The highest BCUT2D eigenvalue weighted by atomic mass is 19.1. The summed E-state index contributed by atoms with van der Waals surface area (Å²) in [6.45, 7) is 10.8. The molecule has 236 valence electrons. The zero-order valence-electron chi connectivity index (χ0n) is 27.4. The number of piperidine rings is 1. The van der Waals surface area contributed by atoms with E-state index in [1.54, 1.807) is 13.1 Å². The summed E-state index contributed by atoms with van der Waals surface area (Å²) in [4.78, 5) is 20.3. The van der Waals surface area contributed by atoms with E-state index in [1.165, 1.54) is 45.2 Å². The second-order valence-corrected chi connectivity index (χ2v) is 13.9. The van der Waals surface area contributed by atoms with Crippen LogP contribution in [0.3, 0.4) is 0 Å². The van der Waals surface area contributed by atoms with E-state index in [0.717, 1.165) is 93.5 Å². The number of hydrogen-bond acceptors (Lipinski definition) is 6. The van der Waals surface area contributed by atoms with Crippen molar-refractivity contribution >= 4 is 39.4 Å². The molecule has 0 bridgehead atoms. The van der Waals surface area contributed by atoms with Gasteiger partial charge in [-0.3, -0.25) is 9.89 Å². The van der Waals surface area contributed by atoms with Crippen LogP contribution in [0.15, 0.2) is 35.3 Å². The number of halogens is 1.